The van der Waals surface area contributed by atoms with Crippen LogP contribution in [0.3, 0.4) is 0 Å². The van der Waals surface area contributed by atoms with Crippen molar-refractivity contribution >= 4 is 17.8 Å². The summed E-state index contributed by atoms with van der Waals surface area (Å²) in [5, 5.41) is 6.22. The van der Waals surface area contributed by atoms with Crippen molar-refractivity contribution < 1.29 is 9.47 Å². The predicted molar refractivity (Wildman–Crippen MR) is 82.0 cm³/mol. The van der Waals surface area contributed by atoms with E-state index in [-0.39, 0.29) is 6.04 Å². The van der Waals surface area contributed by atoms with E-state index in [2.05, 4.69) is 30.5 Å². The summed E-state index contributed by atoms with van der Waals surface area (Å²) in [4.78, 5) is 15.3. The van der Waals surface area contributed by atoms with Gasteiger partial charge in [-0.2, -0.15) is 15.0 Å². The first-order valence-corrected chi connectivity index (χ1v) is 7.33. The SMILES string of the molecule is CCOCC(C)Nc1nc(NC)nc(N2CCOCC2)n1. The molecular weight excluding hydrogens is 272 g/mol. The zero-order chi connectivity index (χ0) is 15.1. The molecule has 1 aliphatic rings. The van der Waals surface area contributed by atoms with Gasteiger partial charge in [0.05, 0.1) is 19.8 Å². The van der Waals surface area contributed by atoms with Crippen LogP contribution < -0.4 is 15.5 Å². The van der Waals surface area contributed by atoms with Gasteiger partial charge in [-0.05, 0) is 13.8 Å². The molecule has 2 heterocycles. The Morgan fingerprint density at radius 3 is 2.62 bits per heavy atom. The van der Waals surface area contributed by atoms with Gasteiger partial charge in [0.15, 0.2) is 0 Å². The van der Waals surface area contributed by atoms with Gasteiger partial charge in [0, 0.05) is 32.8 Å². The monoisotopic (exact) mass is 296 g/mol. The average Bonchev–Trinajstić information content (AvgIpc) is 2.53. The summed E-state index contributed by atoms with van der Waals surface area (Å²) in [6.07, 6.45) is 0. The highest BCUT2D eigenvalue weighted by atomic mass is 16.5. The van der Waals surface area contributed by atoms with Crippen molar-refractivity contribution in [3.8, 4) is 0 Å². The first-order chi connectivity index (χ1) is 10.2. The van der Waals surface area contributed by atoms with Crippen LogP contribution >= 0.6 is 0 Å². The van der Waals surface area contributed by atoms with Gasteiger partial charge < -0.3 is 25.0 Å². The van der Waals surface area contributed by atoms with Gasteiger partial charge in [-0.15, -0.1) is 0 Å². The lowest BCUT2D eigenvalue weighted by Gasteiger charge is -2.27. The molecule has 1 unspecified atom stereocenters. The fourth-order valence-electron chi connectivity index (χ4n) is 2.00. The molecule has 1 atom stereocenters. The molecule has 0 aliphatic carbocycles. The van der Waals surface area contributed by atoms with E-state index in [4.69, 9.17) is 9.47 Å². The number of ether oxygens (including phenoxy) is 2. The molecule has 2 N–H and O–H groups in total. The van der Waals surface area contributed by atoms with Crippen molar-refractivity contribution in [2.75, 3.05) is 62.1 Å². The number of anilines is 3. The second-order valence-corrected chi connectivity index (χ2v) is 4.84. The lowest BCUT2D eigenvalue weighted by Crippen LogP contribution is -2.37. The average molecular weight is 296 g/mol. The van der Waals surface area contributed by atoms with Gasteiger partial charge >= 0.3 is 0 Å². The standard InChI is InChI=1S/C13H24N6O2/c1-4-20-9-10(2)15-12-16-11(14-3)17-13(18-12)19-5-7-21-8-6-19/h10H,4-9H2,1-3H3,(H2,14,15,16,17,18). The Morgan fingerprint density at radius 2 is 1.95 bits per heavy atom. The van der Waals surface area contributed by atoms with E-state index in [9.17, 15) is 0 Å². The van der Waals surface area contributed by atoms with Crippen LogP contribution in [0, 0.1) is 0 Å². The Hall–Kier alpha value is -1.67. The Morgan fingerprint density at radius 1 is 1.24 bits per heavy atom. The molecule has 1 aliphatic heterocycles. The van der Waals surface area contributed by atoms with Crippen LogP contribution in [0.1, 0.15) is 13.8 Å². The molecule has 21 heavy (non-hydrogen) atoms. The number of hydrogen-bond donors (Lipinski definition) is 2. The van der Waals surface area contributed by atoms with Crippen LogP contribution in [0.5, 0.6) is 0 Å². The second-order valence-electron chi connectivity index (χ2n) is 4.84. The van der Waals surface area contributed by atoms with Gasteiger partial charge in [-0.25, -0.2) is 0 Å². The van der Waals surface area contributed by atoms with Crippen molar-refractivity contribution in [3.05, 3.63) is 0 Å². The van der Waals surface area contributed by atoms with Crippen molar-refractivity contribution in [2.45, 2.75) is 19.9 Å². The van der Waals surface area contributed by atoms with Gasteiger partial charge in [0.25, 0.3) is 0 Å². The van der Waals surface area contributed by atoms with E-state index in [0.717, 1.165) is 13.1 Å². The predicted octanol–water partition coefficient (Wildman–Crippen LogP) is 0.587. The number of morpholine rings is 1. The molecule has 2 rings (SSSR count). The van der Waals surface area contributed by atoms with E-state index in [1.165, 1.54) is 0 Å². The van der Waals surface area contributed by atoms with Crippen LogP contribution in [0.4, 0.5) is 17.8 Å². The van der Waals surface area contributed by atoms with E-state index in [1.807, 2.05) is 13.8 Å². The lowest BCUT2D eigenvalue weighted by molar-refractivity contribution is 0.122. The fourth-order valence-corrected chi connectivity index (χ4v) is 2.00. The number of aromatic nitrogens is 3. The topological polar surface area (TPSA) is 84.4 Å². The molecule has 1 fully saturated rings. The van der Waals surface area contributed by atoms with Crippen LogP contribution in [-0.2, 0) is 9.47 Å². The van der Waals surface area contributed by atoms with Crippen molar-refractivity contribution in [3.63, 3.8) is 0 Å². The van der Waals surface area contributed by atoms with Gasteiger partial charge in [0.1, 0.15) is 0 Å². The van der Waals surface area contributed by atoms with Crippen LogP contribution in [0.25, 0.3) is 0 Å². The Kier molecular flexibility index (Phi) is 5.94. The maximum Gasteiger partial charge on any atom is 0.232 e. The minimum Gasteiger partial charge on any atom is -0.380 e. The van der Waals surface area contributed by atoms with E-state index in [0.29, 0.717) is 44.3 Å². The molecule has 8 heteroatoms. The lowest BCUT2D eigenvalue weighted by atomic mass is 10.4. The fraction of sp³-hybridized carbons (Fsp3) is 0.769. The molecule has 0 radical (unpaired) electrons. The summed E-state index contributed by atoms with van der Waals surface area (Å²) < 4.78 is 10.8. The van der Waals surface area contributed by atoms with E-state index < -0.39 is 0 Å². The number of rotatable bonds is 7. The maximum absolute atomic E-state index is 5.39. The number of nitrogens with one attached hydrogen (secondary N) is 2. The smallest absolute Gasteiger partial charge is 0.232 e. The minimum atomic E-state index is 0.134. The third-order valence-electron chi connectivity index (χ3n) is 3.09. The summed E-state index contributed by atoms with van der Waals surface area (Å²) in [6.45, 7) is 8.31. The van der Waals surface area contributed by atoms with Crippen LogP contribution in [-0.4, -0.2) is 67.6 Å². The number of nitrogens with zero attached hydrogens (tertiary/aromatic N) is 4. The molecule has 8 nitrogen and oxygen atoms in total. The molecule has 1 saturated heterocycles. The van der Waals surface area contributed by atoms with Gasteiger partial charge in [0.2, 0.25) is 17.8 Å². The Bertz CT molecular complexity index is 439. The molecule has 0 spiro atoms. The zero-order valence-corrected chi connectivity index (χ0v) is 12.9. The van der Waals surface area contributed by atoms with Crippen molar-refractivity contribution in [1.82, 2.24) is 15.0 Å². The third-order valence-corrected chi connectivity index (χ3v) is 3.09. The maximum atomic E-state index is 5.39. The van der Waals surface area contributed by atoms with E-state index >= 15 is 0 Å². The first-order valence-electron chi connectivity index (χ1n) is 7.33. The first kappa shape index (κ1) is 15.7. The highest BCUT2D eigenvalue weighted by molar-refractivity contribution is 5.44. The summed E-state index contributed by atoms with van der Waals surface area (Å²) in [5.74, 6) is 1.78. The normalized spacial score (nSPS) is 16.6. The molecule has 118 valence electrons. The summed E-state index contributed by atoms with van der Waals surface area (Å²) in [5.41, 5.74) is 0. The van der Waals surface area contributed by atoms with Gasteiger partial charge in [-0.3, -0.25) is 0 Å². The molecule has 0 saturated carbocycles. The van der Waals surface area contributed by atoms with Crippen molar-refractivity contribution in [2.24, 2.45) is 0 Å². The highest BCUT2D eigenvalue weighted by Gasteiger charge is 2.16. The quantitative estimate of drug-likeness (QED) is 0.756. The summed E-state index contributed by atoms with van der Waals surface area (Å²) in [7, 11) is 1.80. The summed E-state index contributed by atoms with van der Waals surface area (Å²) in [6, 6.07) is 0.134. The summed E-state index contributed by atoms with van der Waals surface area (Å²) >= 11 is 0. The highest BCUT2D eigenvalue weighted by Crippen LogP contribution is 2.15. The molecule has 1 aromatic heterocycles. The molecular formula is C13H24N6O2. The minimum absolute atomic E-state index is 0.134. The Labute approximate surface area is 125 Å². The second kappa shape index (κ2) is 7.94. The zero-order valence-electron chi connectivity index (χ0n) is 12.9. The molecule has 0 aromatic carbocycles. The van der Waals surface area contributed by atoms with E-state index in [1.54, 1.807) is 7.05 Å². The largest absolute Gasteiger partial charge is 0.380 e. The number of hydrogen-bond acceptors (Lipinski definition) is 8. The third kappa shape index (κ3) is 4.68. The molecule has 0 bridgehead atoms. The van der Waals surface area contributed by atoms with Crippen molar-refractivity contribution in [1.29, 1.82) is 0 Å². The van der Waals surface area contributed by atoms with Crippen LogP contribution in [0.2, 0.25) is 0 Å². The molecule has 1 aromatic rings. The molecule has 0 amide bonds. The van der Waals surface area contributed by atoms with Crippen LogP contribution in [0.15, 0.2) is 0 Å². The van der Waals surface area contributed by atoms with Gasteiger partial charge in [-0.1, -0.05) is 0 Å². The Balaban J connectivity index is 2.09.